The van der Waals surface area contributed by atoms with Gasteiger partial charge in [0.2, 0.25) is 11.8 Å². The molecule has 0 amide bonds. The smallest absolute Gasteiger partial charge is 0.229 e. The fourth-order valence-electron chi connectivity index (χ4n) is 1.16. The molecular weight excluding hydrogens is 198 g/mol. The molecule has 2 aromatic rings. The number of H-pyrrole nitrogens is 1. The molecule has 0 unspecified atom stereocenters. The van der Waals surface area contributed by atoms with Gasteiger partial charge in [-0.25, -0.2) is 0 Å². The van der Waals surface area contributed by atoms with Gasteiger partial charge in [-0.2, -0.15) is 15.1 Å². The van der Waals surface area contributed by atoms with Gasteiger partial charge in [0.25, 0.3) is 0 Å². The maximum absolute atomic E-state index is 5.51. The van der Waals surface area contributed by atoms with Crippen molar-refractivity contribution in [1.82, 2.24) is 20.2 Å². The molecule has 0 aliphatic rings. The third-order valence-corrected chi connectivity index (χ3v) is 1.82. The topological polar surface area (TPSA) is 98.9 Å². The SMILES string of the molecule is COCCOc1nc(N)nc2[nH]ncc12. The van der Waals surface area contributed by atoms with Crippen molar-refractivity contribution in [2.75, 3.05) is 26.1 Å². The van der Waals surface area contributed by atoms with E-state index in [0.717, 1.165) is 0 Å². The fourth-order valence-corrected chi connectivity index (χ4v) is 1.16. The maximum atomic E-state index is 5.51. The molecule has 2 heterocycles. The van der Waals surface area contributed by atoms with Crippen LogP contribution < -0.4 is 10.5 Å². The van der Waals surface area contributed by atoms with Crippen molar-refractivity contribution < 1.29 is 9.47 Å². The van der Waals surface area contributed by atoms with Gasteiger partial charge in [0.05, 0.1) is 12.8 Å². The van der Waals surface area contributed by atoms with E-state index >= 15 is 0 Å². The second kappa shape index (κ2) is 4.09. The first kappa shape index (κ1) is 9.66. The Morgan fingerprint density at radius 1 is 1.40 bits per heavy atom. The summed E-state index contributed by atoms with van der Waals surface area (Å²) in [4.78, 5) is 7.94. The normalized spacial score (nSPS) is 10.7. The highest BCUT2D eigenvalue weighted by molar-refractivity contribution is 5.80. The predicted octanol–water partition coefficient (Wildman–Crippen LogP) is -0.0397. The Morgan fingerprint density at radius 3 is 3.07 bits per heavy atom. The van der Waals surface area contributed by atoms with Crippen LogP contribution in [0.2, 0.25) is 0 Å². The molecule has 0 radical (unpaired) electrons. The maximum Gasteiger partial charge on any atom is 0.229 e. The zero-order valence-electron chi connectivity index (χ0n) is 8.23. The van der Waals surface area contributed by atoms with Crippen molar-refractivity contribution in [2.24, 2.45) is 0 Å². The average Bonchev–Trinajstić information content (AvgIpc) is 2.65. The molecule has 15 heavy (non-hydrogen) atoms. The lowest BCUT2D eigenvalue weighted by Gasteiger charge is -2.05. The summed E-state index contributed by atoms with van der Waals surface area (Å²) in [5.41, 5.74) is 6.07. The summed E-state index contributed by atoms with van der Waals surface area (Å²) in [7, 11) is 1.60. The van der Waals surface area contributed by atoms with Gasteiger partial charge >= 0.3 is 0 Å². The molecule has 0 fully saturated rings. The Kier molecular flexibility index (Phi) is 2.64. The summed E-state index contributed by atoms with van der Waals surface area (Å²) >= 11 is 0. The zero-order chi connectivity index (χ0) is 10.7. The van der Waals surface area contributed by atoms with E-state index in [1.165, 1.54) is 0 Å². The third kappa shape index (κ3) is 1.96. The fraction of sp³-hybridized carbons (Fsp3) is 0.375. The van der Waals surface area contributed by atoms with E-state index < -0.39 is 0 Å². The lowest BCUT2D eigenvalue weighted by molar-refractivity contribution is 0.144. The molecule has 0 aliphatic heterocycles. The Balaban J connectivity index is 2.27. The van der Waals surface area contributed by atoms with Crippen LogP contribution in [0.1, 0.15) is 0 Å². The standard InChI is InChI=1S/C8H11N5O2/c1-14-2-3-15-7-5-4-10-13-6(5)11-8(9)12-7/h4H,2-3H2,1H3,(H3,9,10,11,12,13). The third-order valence-electron chi connectivity index (χ3n) is 1.82. The van der Waals surface area contributed by atoms with Crippen molar-refractivity contribution in [3.05, 3.63) is 6.20 Å². The minimum atomic E-state index is 0.152. The Morgan fingerprint density at radius 2 is 2.27 bits per heavy atom. The van der Waals surface area contributed by atoms with E-state index in [4.69, 9.17) is 15.2 Å². The molecule has 0 aromatic carbocycles. The van der Waals surface area contributed by atoms with Crippen molar-refractivity contribution in [3.8, 4) is 5.88 Å². The molecule has 0 saturated heterocycles. The van der Waals surface area contributed by atoms with E-state index in [9.17, 15) is 0 Å². The number of nitrogen functional groups attached to an aromatic ring is 1. The highest BCUT2D eigenvalue weighted by Gasteiger charge is 2.08. The molecule has 0 aliphatic carbocycles. The summed E-state index contributed by atoms with van der Waals surface area (Å²) < 4.78 is 10.2. The van der Waals surface area contributed by atoms with Crippen LogP contribution in [-0.4, -0.2) is 40.5 Å². The van der Waals surface area contributed by atoms with Crippen molar-refractivity contribution in [1.29, 1.82) is 0 Å². The van der Waals surface area contributed by atoms with Gasteiger partial charge in [-0.05, 0) is 0 Å². The van der Waals surface area contributed by atoms with E-state index in [2.05, 4.69) is 20.2 Å². The second-order valence-electron chi connectivity index (χ2n) is 2.86. The number of hydrogen-bond acceptors (Lipinski definition) is 6. The van der Waals surface area contributed by atoms with Crippen LogP contribution in [0.25, 0.3) is 11.0 Å². The van der Waals surface area contributed by atoms with Crippen LogP contribution in [0.15, 0.2) is 6.20 Å². The molecule has 3 N–H and O–H groups in total. The molecule has 7 nitrogen and oxygen atoms in total. The largest absolute Gasteiger partial charge is 0.475 e. The zero-order valence-corrected chi connectivity index (χ0v) is 8.23. The number of rotatable bonds is 4. The van der Waals surface area contributed by atoms with Gasteiger partial charge in [0, 0.05) is 7.11 Å². The number of fused-ring (bicyclic) bond motifs is 1. The Hall–Kier alpha value is -1.89. The van der Waals surface area contributed by atoms with E-state index in [0.29, 0.717) is 30.1 Å². The lowest BCUT2D eigenvalue weighted by Crippen LogP contribution is -2.07. The first-order valence-corrected chi connectivity index (χ1v) is 4.39. The molecule has 7 heteroatoms. The minimum absolute atomic E-state index is 0.152. The highest BCUT2D eigenvalue weighted by atomic mass is 16.5. The van der Waals surface area contributed by atoms with Crippen LogP contribution in [0.5, 0.6) is 5.88 Å². The van der Waals surface area contributed by atoms with Crippen molar-refractivity contribution >= 4 is 17.0 Å². The first-order valence-electron chi connectivity index (χ1n) is 4.39. The van der Waals surface area contributed by atoms with E-state index in [-0.39, 0.29) is 5.95 Å². The van der Waals surface area contributed by atoms with Gasteiger partial charge in [0.15, 0.2) is 5.65 Å². The second-order valence-corrected chi connectivity index (χ2v) is 2.86. The summed E-state index contributed by atoms with van der Waals surface area (Å²) in [5, 5.41) is 7.24. The van der Waals surface area contributed by atoms with Gasteiger partial charge in [-0.1, -0.05) is 0 Å². The number of hydrogen-bond donors (Lipinski definition) is 2. The predicted molar refractivity (Wildman–Crippen MR) is 53.5 cm³/mol. The highest BCUT2D eigenvalue weighted by Crippen LogP contribution is 2.20. The summed E-state index contributed by atoms with van der Waals surface area (Å²) in [6, 6.07) is 0. The molecule has 0 spiro atoms. The van der Waals surface area contributed by atoms with Crippen molar-refractivity contribution in [3.63, 3.8) is 0 Å². The van der Waals surface area contributed by atoms with Gasteiger partial charge in [-0.3, -0.25) is 5.10 Å². The number of ether oxygens (including phenoxy) is 2. The van der Waals surface area contributed by atoms with Gasteiger partial charge < -0.3 is 15.2 Å². The number of nitrogens with zero attached hydrogens (tertiary/aromatic N) is 3. The summed E-state index contributed by atoms with van der Waals surface area (Å²) in [5.74, 6) is 0.572. The van der Waals surface area contributed by atoms with Crippen LogP contribution in [0.4, 0.5) is 5.95 Å². The molecule has 80 valence electrons. The van der Waals surface area contributed by atoms with Crippen LogP contribution in [0, 0.1) is 0 Å². The van der Waals surface area contributed by atoms with E-state index in [1.54, 1.807) is 13.3 Å². The summed E-state index contributed by atoms with van der Waals surface area (Å²) in [6.07, 6.45) is 1.59. The quantitative estimate of drug-likeness (QED) is 0.685. The number of anilines is 1. The molecule has 2 rings (SSSR count). The average molecular weight is 209 g/mol. The van der Waals surface area contributed by atoms with Gasteiger partial charge in [-0.15, -0.1) is 0 Å². The lowest BCUT2D eigenvalue weighted by atomic mass is 10.4. The summed E-state index contributed by atoms with van der Waals surface area (Å²) in [6.45, 7) is 0.899. The minimum Gasteiger partial charge on any atom is -0.475 e. The van der Waals surface area contributed by atoms with Crippen molar-refractivity contribution in [2.45, 2.75) is 0 Å². The Bertz CT molecular complexity index is 455. The number of aromatic nitrogens is 4. The van der Waals surface area contributed by atoms with Crippen LogP contribution in [-0.2, 0) is 4.74 Å². The van der Waals surface area contributed by atoms with E-state index in [1.807, 2.05) is 0 Å². The molecule has 0 atom stereocenters. The molecule has 0 saturated carbocycles. The van der Waals surface area contributed by atoms with Crippen LogP contribution in [0.3, 0.4) is 0 Å². The molecule has 0 bridgehead atoms. The molecule has 2 aromatic heterocycles. The number of aromatic amines is 1. The monoisotopic (exact) mass is 209 g/mol. The molecular formula is C8H11N5O2. The van der Waals surface area contributed by atoms with Gasteiger partial charge in [0.1, 0.15) is 12.0 Å². The number of nitrogens with one attached hydrogen (secondary N) is 1. The Labute approximate surface area is 85.6 Å². The van der Waals surface area contributed by atoms with Crippen LogP contribution >= 0.6 is 0 Å². The first-order chi connectivity index (χ1) is 7.31. The number of nitrogens with two attached hydrogens (primary N) is 1. The number of methoxy groups -OCH3 is 1.